The van der Waals surface area contributed by atoms with Crippen LogP contribution >= 0.6 is 11.8 Å². The van der Waals surface area contributed by atoms with Crippen LogP contribution < -0.4 is 5.32 Å². The Morgan fingerprint density at radius 2 is 1.81 bits per heavy atom. The second-order valence-electron chi connectivity index (χ2n) is 8.40. The zero-order valence-corrected chi connectivity index (χ0v) is 17.8. The quantitative estimate of drug-likeness (QED) is 0.717. The van der Waals surface area contributed by atoms with Crippen molar-refractivity contribution in [2.24, 2.45) is 17.8 Å². The average molecular weight is 399 g/mol. The largest absolute Gasteiger partial charge is 0.469 e. The molecule has 2 aliphatic heterocycles. The van der Waals surface area contributed by atoms with Gasteiger partial charge in [0.1, 0.15) is 0 Å². The van der Waals surface area contributed by atoms with Crippen molar-refractivity contribution < 1.29 is 19.1 Å². The van der Waals surface area contributed by atoms with Crippen molar-refractivity contribution in [1.29, 1.82) is 0 Å². The Morgan fingerprint density at radius 1 is 1.11 bits per heavy atom. The van der Waals surface area contributed by atoms with Gasteiger partial charge in [-0.15, -0.1) is 11.8 Å². The summed E-state index contributed by atoms with van der Waals surface area (Å²) >= 11 is 1.77. The van der Waals surface area contributed by atoms with Crippen LogP contribution in [0.15, 0.2) is 0 Å². The number of ether oxygens (including phenoxy) is 2. The maximum absolute atomic E-state index is 12.9. The van der Waals surface area contributed by atoms with E-state index in [1.165, 1.54) is 7.11 Å². The Kier molecular flexibility index (Phi) is 7.08. The molecule has 0 radical (unpaired) electrons. The van der Waals surface area contributed by atoms with E-state index >= 15 is 0 Å². The number of likely N-dealkylation sites (tertiary alicyclic amines) is 1. The van der Waals surface area contributed by atoms with E-state index in [-0.39, 0.29) is 41.1 Å². The first-order chi connectivity index (χ1) is 12.9. The number of rotatable bonds is 5. The molecule has 4 atom stereocenters. The Morgan fingerprint density at radius 3 is 2.41 bits per heavy atom. The molecule has 1 amide bonds. The van der Waals surface area contributed by atoms with Crippen molar-refractivity contribution in [2.45, 2.75) is 68.7 Å². The first-order valence-electron chi connectivity index (χ1n) is 10.2. The third-order valence-electron chi connectivity index (χ3n) is 6.62. The minimum atomic E-state index is -0.237. The van der Waals surface area contributed by atoms with E-state index in [4.69, 9.17) is 9.47 Å². The lowest BCUT2D eigenvalue weighted by atomic mass is 9.83. The molecule has 7 heteroatoms. The van der Waals surface area contributed by atoms with Gasteiger partial charge in [-0.05, 0) is 58.4 Å². The summed E-state index contributed by atoms with van der Waals surface area (Å²) in [4.78, 5) is 27.8. The van der Waals surface area contributed by atoms with Gasteiger partial charge in [-0.3, -0.25) is 14.5 Å². The number of thioether (sulfide) groups is 1. The number of amides is 1. The first kappa shape index (κ1) is 20.9. The van der Waals surface area contributed by atoms with Crippen LogP contribution in [0.2, 0.25) is 0 Å². The Balaban J connectivity index is 1.64. The molecule has 2 saturated heterocycles. The molecule has 6 nitrogen and oxygen atoms in total. The molecule has 3 rings (SSSR count). The summed E-state index contributed by atoms with van der Waals surface area (Å²) in [6, 6.07) is 0.507. The molecule has 0 aromatic rings. The highest BCUT2D eigenvalue weighted by Crippen LogP contribution is 2.47. The van der Waals surface area contributed by atoms with Crippen molar-refractivity contribution >= 4 is 23.6 Å². The van der Waals surface area contributed by atoms with Crippen LogP contribution in [-0.4, -0.2) is 66.9 Å². The Labute approximate surface area is 167 Å². The average Bonchev–Trinajstić information content (AvgIpc) is 3.04. The predicted octanol–water partition coefficient (Wildman–Crippen LogP) is 2.27. The van der Waals surface area contributed by atoms with Crippen LogP contribution in [0.3, 0.4) is 0 Å². The van der Waals surface area contributed by atoms with Gasteiger partial charge in [0.25, 0.3) is 0 Å². The summed E-state index contributed by atoms with van der Waals surface area (Å²) in [6.45, 7) is 6.42. The Bertz CT molecular complexity index is 536. The van der Waals surface area contributed by atoms with Crippen molar-refractivity contribution in [3.05, 3.63) is 0 Å². The van der Waals surface area contributed by atoms with Crippen LogP contribution in [0.4, 0.5) is 0 Å². The summed E-state index contributed by atoms with van der Waals surface area (Å²) in [5.41, 5.74) is 0. The third kappa shape index (κ3) is 4.62. The van der Waals surface area contributed by atoms with Gasteiger partial charge in [-0.25, -0.2) is 0 Å². The van der Waals surface area contributed by atoms with Gasteiger partial charge in [0, 0.05) is 30.9 Å². The minimum Gasteiger partial charge on any atom is -0.469 e. The van der Waals surface area contributed by atoms with Gasteiger partial charge in [0.05, 0.1) is 24.5 Å². The second-order valence-corrected chi connectivity index (χ2v) is 9.79. The number of hydrogen-bond acceptors (Lipinski definition) is 6. The Hall–Kier alpha value is -0.790. The lowest BCUT2D eigenvalue weighted by molar-refractivity contribution is -0.148. The normalized spacial score (nSPS) is 37.1. The molecule has 3 aliphatic rings. The summed E-state index contributed by atoms with van der Waals surface area (Å²) in [5, 5.41) is 3.41. The smallest absolute Gasteiger partial charge is 0.311 e. The van der Waals surface area contributed by atoms with Gasteiger partial charge in [-0.1, -0.05) is 0 Å². The fraction of sp³-hybridized carbons (Fsp3) is 0.900. The van der Waals surface area contributed by atoms with Gasteiger partial charge in [-0.2, -0.15) is 0 Å². The van der Waals surface area contributed by atoms with Gasteiger partial charge < -0.3 is 14.8 Å². The fourth-order valence-corrected chi connectivity index (χ4v) is 6.68. The van der Waals surface area contributed by atoms with E-state index in [9.17, 15) is 9.59 Å². The van der Waals surface area contributed by atoms with Crippen LogP contribution in [0, 0.1) is 17.8 Å². The van der Waals surface area contributed by atoms with Crippen molar-refractivity contribution in [2.75, 3.05) is 27.3 Å². The molecule has 27 heavy (non-hydrogen) atoms. The van der Waals surface area contributed by atoms with Crippen LogP contribution in [-0.2, 0) is 19.1 Å². The maximum Gasteiger partial charge on any atom is 0.311 e. The standard InChI is InChI=1S/C20H34N2O4S/c1-12(2)22-10-9-15-16(11-22)27-19(17(15)20(24)26-4)21-18(23)13-5-7-14(25-3)8-6-13/h12-17,19H,5-11H2,1-4H3,(H,21,23). The number of fused-ring (bicyclic) bond motifs is 1. The zero-order chi connectivity index (χ0) is 19.6. The zero-order valence-electron chi connectivity index (χ0n) is 17.0. The molecule has 0 aromatic heterocycles. The molecule has 4 unspecified atom stereocenters. The van der Waals surface area contributed by atoms with E-state index in [0.717, 1.165) is 45.2 Å². The number of carbonyl (C=O) groups is 2. The highest BCUT2D eigenvalue weighted by atomic mass is 32.2. The van der Waals surface area contributed by atoms with Gasteiger partial charge in [0.15, 0.2) is 0 Å². The maximum atomic E-state index is 12.9. The molecule has 0 spiro atoms. The number of hydrogen-bond donors (Lipinski definition) is 1. The molecule has 2 heterocycles. The van der Waals surface area contributed by atoms with Gasteiger partial charge >= 0.3 is 5.97 Å². The number of methoxy groups -OCH3 is 2. The summed E-state index contributed by atoms with van der Waals surface area (Å²) in [6.07, 6.45) is 4.85. The molecular weight excluding hydrogens is 364 g/mol. The van der Waals surface area contributed by atoms with E-state index in [0.29, 0.717) is 11.3 Å². The summed E-state index contributed by atoms with van der Waals surface area (Å²) < 4.78 is 10.5. The monoisotopic (exact) mass is 398 g/mol. The van der Waals surface area contributed by atoms with E-state index in [1.54, 1.807) is 18.9 Å². The molecule has 1 N–H and O–H groups in total. The van der Waals surface area contributed by atoms with E-state index in [1.807, 2.05) is 0 Å². The minimum absolute atomic E-state index is 0.0325. The highest BCUT2D eigenvalue weighted by molar-refractivity contribution is 8.00. The number of esters is 1. The molecular formula is C20H34N2O4S. The molecule has 1 aliphatic carbocycles. The lowest BCUT2D eigenvalue weighted by Crippen LogP contribution is -2.47. The molecule has 154 valence electrons. The van der Waals surface area contributed by atoms with Crippen LogP contribution in [0.5, 0.6) is 0 Å². The van der Waals surface area contributed by atoms with Crippen molar-refractivity contribution in [3.8, 4) is 0 Å². The predicted molar refractivity (Wildman–Crippen MR) is 106 cm³/mol. The SMILES string of the molecule is COC(=O)C1C(NC(=O)C2CCC(OC)CC2)SC2CN(C(C)C)CCC21. The summed E-state index contributed by atoms with van der Waals surface area (Å²) in [5.74, 6) is -0.00708. The first-order valence-corrected chi connectivity index (χ1v) is 11.2. The van der Waals surface area contributed by atoms with Gasteiger partial charge in [0.2, 0.25) is 5.91 Å². The second kappa shape index (κ2) is 9.14. The summed E-state index contributed by atoms with van der Waals surface area (Å²) in [7, 11) is 3.19. The number of nitrogens with one attached hydrogen (secondary N) is 1. The van der Waals surface area contributed by atoms with Crippen molar-refractivity contribution in [1.82, 2.24) is 10.2 Å². The third-order valence-corrected chi connectivity index (χ3v) is 8.17. The van der Waals surface area contributed by atoms with Crippen LogP contribution in [0.1, 0.15) is 46.0 Å². The lowest BCUT2D eigenvalue weighted by Gasteiger charge is -2.37. The highest BCUT2D eigenvalue weighted by Gasteiger charge is 2.51. The van der Waals surface area contributed by atoms with Crippen molar-refractivity contribution in [3.63, 3.8) is 0 Å². The number of nitrogens with zero attached hydrogens (tertiary/aromatic N) is 1. The molecule has 1 saturated carbocycles. The molecule has 0 aromatic carbocycles. The fourth-order valence-electron chi connectivity index (χ4n) is 4.86. The topological polar surface area (TPSA) is 67.9 Å². The number of carbonyl (C=O) groups excluding carboxylic acids is 2. The van der Waals surface area contributed by atoms with Crippen LogP contribution in [0.25, 0.3) is 0 Å². The van der Waals surface area contributed by atoms with E-state index < -0.39 is 0 Å². The molecule has 3 fully saturated rings. The molecule has 0 bridgehead atoms. The van der Waals surface area contributed by atoms with E-state index in [2.05, 4.69) is 24.1 Å². The number of piperidine rings is 1.